The van der Waals surface area contributed by atoms with Gasteiger partial charge in [0, 0.05) is 28.1 Å². The highest BCUT2D eigenvalue weighted by atomic mass is 15.2. The van der Waals surface area contributed by atoms with Crippen LogP contribution in [0.3, 0.4) is 0 Å². The molecule has 5 nitrogen and oxygen atoms in total. The predicted octanol–water partition coefficient (Wildman–Crippen LogP) is 8.12. The van der Waals surface area contributed by atoms with Crippen LogP contribution in [0.15, 0.2) is 176 Å². The first kappa shape index (κ1) is 28.1. The third-order valence-electron chi connectivity index (χ3n) is 9.21. The van der Waals surface area contributed by atoms with E-state index in [1.54, 1.807) is 0 Å². The van der Waals surface area contributed by atoms with Crippen LogP contribution in [-0.4, -0.2) is 33.5 Å². The Morgan fingerprint density at radius 3 is 1.62 bits per heavy atom. The standard InChI is InChI=1S/C41H29B2N5/c1-4-13-30(14-5-1)35-24-25-38-36(29-35)42-26-12-19-37(48(42)43-27-10-11-28-47(38)43)31-20-22-34(23-21-31)41-45-39(32-15-6-2-7-16-32)44-40(46-41)33-17-8-3-9-18-33/h1-29H. The Labute approximate surface area is 281 Å². The van der Waals surface area contributed by atoms with E-state index in [1.807, 2.05) is 60.7 Å². The molecule has 5 aromatic carbocycles. The minimum absolute atomic E-state index is 0.0522. The van der Waals surface area contributed by atoms with Crippen molar-refractivity contribution in [3.05, 3.63) is 181 Å². The Morgan fingerprint density at radius 1 is 0.458 bits per heavy atom. The zero-order chi connectivity index (χ0) is 31.9. The van der Waals surface area contributed by atoms with Gasteiger partial charge < -0.3 is 9.53 Å². The zero-order valence-corrected chi connectivity index (χ0v) is 26.1. The minimum atomic E-state index is 0.0522. The fourth-order valence-electron chi connectivity index (χ4n) is 6.89. The van der Waals surface area contributed by atoms with Crippen molar-refractivity contribution < 1.29 is 0 Å². The van der Waals surface area contributed by atoms with Crippen molar-refractivity contribution in [1.29, 1.82) is 0 Å². The second-order valence-corrected chi connectivity index (χ2v) is 12.1. The summed E-state index contributed by atoms with van der Waals surface area (Å²) in [6, 6.07) is 46.3. The lowest BCUT2D eigenvalue weighted by molar-refractivity contribution is 0.908. The number of allylic oxidation sites excluding steroid dienone is 4. The fourth-order valence-corrected chi connectivity index (χ4v) is 6.89. The third-order valence-corrected chi connectivity index (χ3v) is 9.21. The maximum absolute atomic E-state index is 4.94. The second kappa shape index (κ2) is 11.9. The number of aromatic nitrogens is 3. The van der Waals surface area contributed by atoms with Crippen LogP contribution in [-0.2, 0) is 0 Å². The van der Waals surface area contributed by atoms with E-state index in [0.717, 1.165) is 22.3 Å². The molecule has 0 atom stereocenters. The molecule has 0 radical (unpaired) electrons. The molecule has 0 bridgehead atoms. The number of anilines is 1. The zero-order valence-electron chi connectivity index (χ0n) is 26.1. The molecule has 0 spiro atoms. The van der Waals surface area contributed by atoms with Gasteiger partial charge in [-0.15, -0.1) is 0 Å². The van der Waals surface area contributed by atoms with Gasteiger partial charge in [0.15, 0.2) is 17.5 Å². The third kappa shape index (κ3) is 4.97. The van der Waals surface area contributed by atoms with E-state index in [2.05, 4.69) is 125 Å². The molecule has 0 aliphatic carbocycles. The molecule has 0 saturated carbocycles. The molecule has 224 valence electrons. The van der Waals surface area contributed by atoms with E-state index in [4.69, 9.17) is 15.0 Å². The van der Waals surface area contributed by atoms with Gasteiger partial charge in [-0.3, -0.25) is 0 Å². The topological polar surface area (TPSA) is 45.2 Å². The molecule has 7 heteroatoms. The first-order valence-corrected chi connectivity index (χ1v) is 16.3. The van der Waals surface area contributed by atoms with Gasteiger partial charge in [0.1, 0.15) is 0 Å². The van der Waals surface area contributed by atoms with Gasteiger partial charge in [0.25, 0.3) is 0 Å². The highest BCUT2D eigenvalue weighted by molar-refractivity contribution is 6.91. The van der Waals surface area contributed by atoms with Crippen LogP contribution in [0.2, 0.25) is 0 Å². The molecule has 0 N–H and O–H groups in total. The largest absolute Gasteiger partial charge is 0.430 e. The van der Waals surface area contributed by atoms with Gasteiger partial charge in [-0.2, -0.15) is 0 Å². The summed E-state index contributed by atoms with van der Waals surface area (Å²) in [4.78, 5) is 17.1. The predicted molar refractivity (Wildman–Crippen MR) is 199 cm³/mol. The van der Waals surface area contributed by atoms with Crippen molar-refractivity contribution >= 4 is 30.7 Å². The van der Waals surface area contributed by atoms with Crippen LogP contribution in [0.4, 0.5) is 5.69 Å². The minimum Gasteiger partial charge on any atom is -0.430 e. The number of hydrogen-bond donors (Lipinski definition) is 0. The summed E-state index contributed by atoms with van der Waals surface area (Å²) in [5.74, 6) is 6.56. The van der Waals surface area contributed by atoms with E-state index < -0.39 is 0 Å². The molecule has 6 aromatic rings. The lowest BCUT2D eigenvalue weighted by Crippen LogP contribution is -2.65. The summed E-state index contributed by atoms with van der Waals surface area (Å²) >= 11 is 0. The van der Waals surface area contributed by atoms with E-state index in [-0.39, 0.29) is 13.8 Å². The van der Waals surface area contributed by atoms with Crippen LogP contribution in [0.1, 0.15) is 5.56 Å². The first-order chi connectivity index (χ1) is 23.8. The summed E-state index contributed by atoms with van der Waals surface area (Å²) in [5, 5.41) is 0. The Hall–Kier alpha value is -6.20. The number of rotatable bonds is 5. The van der Waals surface area contributed by atoms with Gasteiger partial charge in [-0.05, 0) is 46.6 Å². The molecular weight excluding hydrogens is 584 g/mol. The molecule has 4 heterocycles. The summed E-state index contributed by atoms with van der Waals surface area (Å²) in [6.45, 7) is 0.141. The van der Waals surface area contributed by atoms with Crippen molar-refractivity contribution in [2.24, 2.45) is 0 Å². The normalized spacial score (nSPS) is 14.4. The van der Waals surface area contributed by atoms with Crippen LogP contribution in [0.25, 0.3) is 51.0 Å². The number of benzene rings is 5. The second-order valence-electron chi connectivity index (χ2n) is 12.1. The van der Waals surface area contributed by atoms with Crippen LogP contribution in [0, 0.1) is 0 Å². The Kier molecular flexibility index (Phi) is 6.94. The Balaban J connectivity index is 1.10. The first-order valence-electron chi connectivity index (χ1n) is 16.3. The summed E-state index contributed by atoms with van der Waals surface area (Å²) < 4.78 is 2.52. The summed E-state index contributed by atoms with van der Waals surface area (Å²) in [7, 11) is 0. The van der Waals surface area contributed by atoms with E-state index in [1.165, 1.54) is 28.0 Å². The maximum atomic E-state index is 4.94. The molecule has 0 saturated heterocycles. The molecular formula is C41H29B2N5. The smallest absolute Gasteiger partial charge is 0.395 e. The molecule has 3 aliphatic rings. The highest BCUT2D eigenvalue weighted by Gasteiger charge is 2.44. The van der Waals surface area contributed by atoms with Gasteiger partial charge >= 0.3 is 13.8 Å². The van der Waals surface area contributed by atoms with Gasteiger partial charge in [-0.25, -0.2) is 15.0 Å². The number of nitrogens with zero attached hydrogens (tertiary/aromatic N) is 5. The van der Waals surface area contributed by atoms with Crippen LogP contribution >= 0.6 is 0 Å². The summed E-state index contributed by atoms with van der Waals surface area (Å²) in [6.07, 6.45) is 10.9. The average Bonchev–Trinajstić information content (AvgIpc) is 3.18. The molecule has 9 rings (SSSR count). The van der Waals surface area contributed by atoms with Gasteiger partial charge in [0.05, 0.1) is 0 Å². The SMILES string of the molecule is C1=CB2c3cc(-c4ccccc4)ccc3N3C=CC=CB3N2C(c2ccc(-c3nc(-c4ccccc4)nc(-c4ccccc4)n3)cc2)=C1. The van der Waals surface area contributed by atoms with Crippen molar-refractivity contribution in [2.45, 2.75) is 0 Å². The van der Waals surface area contributed by atoms with Crippen molar-refractivity contribution in [3.8, 4) is 45.3 Å². The molecule has 0 unspecified atom stereocenters. The molecule has 48 heavy (non-hydrogen) atoms. The van der Waals surface area contributed by atoms with Gasteiger partial charge in [-0.1, -0.05) is 151 Å². The number of hydrogen-bond acceptors (Lipinski definition) is 5. The van der Waals surface area contributed by atoms with Gasteiger partial charge in [0.2, 0.25) is 0 Å². The van der Waals surface area contributed by atoms with Crippen molar-refractivity contribution in [1.82, 2.24) is 19.7 Å². The van der Waals surface area contributed by atoms with Crippen LogP contribution < -0.4 is 10.3 Å². The number of fused-ring (bicyclic) bond motifs is 6. The lowest BCUT2D eigenvalue weighted by Gasteiger charge is -2.48. The molecule has 0 fully saturated rings. The van der Waals surface area contributed by atoms with Crippen molar-refractivity contribution in [2.75, 3.05) is 4.81 Å². The Morgan fingerprint density at radius 2 is 1.00 bits per heavy atom. The van der Waals surface area contributed by atoms with Crippen molar-refractivity contribution in [3.63, 3.8) is 0 Å². The molecule has 1 aromatic heterocycles. The van der Waals surface area contributed by atoms with E-state index >= 15 is 0 Å². The lowest BCUT2D eigenvalue weighted by atomic mass is 9.42. The Bertz CT molecular complexity index is 2190. The average molecular weight is 613 g/mol. The van der Waals surface area contributed by atoms with E-state index in [9.17, 15) is 0 Å². The van der Waals surface area contributed by atoms with Crippen LogP contribution in [0.5, 0.6) is 0 Å². The quantitative estimate of drug-likeness (QED) is 0.184. The summed E-state index contributed by atoms with van der Waals surface area (Å²) in [5.41, 5.74) is 10.1. The molecule has 0 amide bonds. The highest BCUT2D eigenvalue weighted by Crippen LogP contribution is 2.36. The monoisotopic (exact) mass is 613 g/mol. The van der Waals surface area contributed by atoms with E-state index in [0.29, 0.717) is 17.5 Å². The fraction of sp³-hybridized carbons (Fsp3) is 0. The maximum Gasteiger partial charge on any atom is 0.395 e. The molecule has 3 aliphatic heterocycles.